The summed E-state index contributed by atoms with van der Waals surface area (Å²) < 4.78 is 7.14. The van der Waals surface area contributed by atoms with Gasteiger partial charge in [-0.15, -0.1) is 5.10 Å². The third-order valence-corrected chi connectivity index (χ3v) is 3.68. The number of amides is 1. The Morgan fingerprint density at radius 2 is 2.17 bits per heavy atom. The average molecular weight is 313 g/mol. The molecule has 0 unspecified atom stereocenters. The standard InChI is InChI=1S/C16H19N5O2/c1-16(2,3)23-15(22)20-8-12(9-20)10-21-14-6-11(7-17)4-5-13(14)18-19-21/h4-6,12H,8-10H2,1-3H3. The number of ether oxygens (including phenoxy) is 1. The number of rotatable bonds is 2. The zero-order valence-corrected chi connectivity index (χ0v) is 13.5. The quantitative estimate of drug-likeness (QED) is 0.848. The highest BCUT2D eigenvalue weighted by molar-refractivity contribution is 5.76. The molecule has 3 rings (SSSR count). The van der Waals surface area contributed by atoms with Crippen molar-refractivity contribution in [3.05, 3.63) is 23.8 Å². The molecule has 1 aliphatic heterocycles. The first-order valence-corrected chi connectivity index (χ1v) is 7.57. The van der Waals surface area contributed by atoms with Crippen molar-refractivity contribution in [2.45, 2.75) is 32.9 Å². The lowest BCUT2D eigenvalue weighted by Crippen LogP contribution is -2.52. The number of carbonyl (C=O) groups is 1. The molecule has 7 nitrogen and oxygen atoms in total. The lowest BCUT2D eigenvalue weighted by atomic mass is 10.0. The van der Waals surface area contributed by atoms with Gasteiger partial charge in [-0.3, -0.25) is 0 Å². The van der Waals surface area contributed by atoms with Gasteiger partial charge in [0.1, 0.15) is 11.1 Å². The van der Waals surface area contributed by atoms with Crippen LogP contribution in [0, 0.1) is 17.2 Å². The molecule has 2 heterocycles. The summed E-state index contributed by atoms with van der Waals surface area (Å²) in [6, 6.07) is 7.44. The molecular formula is C16H19N5O2. The molecule has 23 heavy (non-hydrogen) atoms. The number of hydrogen-bond donors (Lipinski definition) is 0. The number of fused-ring (bicyclic) bond motifs is 1. The van der Waals surface area contributed by atoms with Crippen LogP contribution in [0.15, 0.2) is 18.2 Å². The van der Waals surface area contributed by atoms with Crippen LogP contribution in [0.25, 0.3) is 11.0 Å². The fourth-order valence-corrected chi connectivity index (χ4v) is 2.57. The summed E-state index contributed by atoms with van der Waals surface area (Å²) in [5.74, 6) is 0.318. The van der Waals surface area contributed by atoms with Crippen molar-refractivity contribution in [1.82, 2.24) is 19.9 Å². The molecule has 1 aliphatic rings. The minimum atomic E-state index is -0.474. The first kappa shape index (κ1) is 15.3. The van der Waals surface area contributed by atoms with Gasteiger partial charge in [0.05, 0.1) is 17.1 Å². The zero-order valence-electron chi connectivity index (χ0n) is 13.5. The molecule has 120 valence electrons. The third kappa shape index (κ3) is 3.26. The van der Waals surface area contributed by atoms with E-state index in [9.17, 15) is 4.79 Å². The molecule has 0 N–H and O–H groups in total. The Labute approximate surface area is 134 Å². The minimum Gasteiger partial charge on any atom is -0.444 e. The molecule has 0 spiro atoms. The molecule has 1 aromatic carbocycles. The number of nitriles is 1. The molecule has 2 aromatic rings. The molecular weight excluding hydrogens is 294 g/mol. The number of carbonyl (C=O) groups excluding carboxylic acids is 1. The highest BCUT2D eigenvalue weighted by atomic mass is 16.6. The van der Waals surface area contributed by atoms with Gasteiger partial charge in [0.15, 0.2) is 0 Å². The summed E-state index contributed by atoms with van der Waals surface area (Å²) in [5, 5.41) is 17.2. The van der Waals surface area contributed by atoms with Gasteiger partial charge in [0.2, 0.25) is 0 Å². The smallest absolute Gasteiger partial charge is 0.410 e. The van der Waals surface area contributed by atoms with Gasteiger partial charge in [-0.2, -0.15) is 5.26 Å². The predicted octanol–water partition coefficient (Wildman–Crippen LogP) is 2.17. The average Bonchev–Trinajstić information content (AvgIpc) is 2.82. The molecule has 0 atom stereocenters. The Morgan fingerprint density at radius 1 is 1.43 bits per heavy atom. The van der Waals surface area contributed by atoms with Crippen molar-refractivity contribution in [1.29, 1.82) is 5.26 Å². The minimum absolute atomic E-state index is 0.274. The lowest BCUT2D eigenvalue weighted by molar-refractivity contribution is -0.00371. The number of likely N-dealkylation sites (tertiary alicyclic amines) is 1. The maximum atomic E-state index is 11.9. The van der Waals surface area contributed by atoms with Crippen LogP contribution in [-0.4, -0.2) is 44.7 Å². The van der Waals surface area contributed by atoms with Gasteiger partial charge in [0.25, 0.3) is 0 Å². The van der Waals surface area contributed by atoms with Crippen LogP contribution in [0.4, 0.5) is 4.79 Å². The third-order valence-electron chi connectivity index (χ3n) is 3.68. The van der Waals surface area contributed by atoms with Crippen LogP contribution in [0.5, 0.6) is 0 Å². The molecule has 1 amide bonds. The molecule has 1 fully saturated rings. The highest BCUT2D eigenvalue weighted by Gasteiger charge is 2.34. The number of benzene rings is 1. The Hall–Kier alpha value is -2.62. The van der Waals surface area contributed by atoms with E-state index in [1.165, 1.54) is 0 Å². The molecule has 0 saturated carbocycles. The molecule has 0 bridgehead atoms. The van der Waals surface area contributed by atoms with E-state index in [1.54, 1.807) is 27.8 Å². The Kier molecular flexibility index (Phi) is 3.68. The largest absolute Gasteiger partial charge is 0.444 e. The van der Waals surface area contributed by atoms with Crippen molar-refractivity contribution in [3.63, 3.8) is 0 Å². The number of hydrogen-bond acceptors (Lipinski definition) is 5. The second kappa shape index (κ2) is 5.54. The van der Waals surface area contributed by atoms with Gasteiger partial charge in [-0.25, -0.2) is 9.48 Å². The van der Waals surface area contributed by atoms with Crippen LogP contribution < -0.4 is 0 Å². The Morgan fingerprint density at radius 3 is 2.83 bits per heavy atom. The Balaban J connectivity index is 1.62. The van der Waals surface area contributed by atoms with E-state index in [-0.39, 0.29) is 6.09 Å². The molecule has 1 aromatic heterocycles. The summed E-state index contributed by atoms with van der Waals surface area (Å²) in [5.41, 5.74) is 1.73. The SMILES string of the molecule is CC(C)(C)OC(=O)N1CC(Cn2nnc3ccc(C#N)cc32)C1. The van der Waals surface area contributed by atoms with Crippen molar-refractivity contribution in [2.24, 2.45) is 5.92 Å². The van der Waals surface area contributed by atoms with Crippen molar-refractivity contribution in [3.8, 4) is 6.07 Å². The fraction of sp³-hybridized carbons (Fsp3) is 0.500. The summed E-state index contributed by atoms with van der Waals surface area (Å²) in [4.78, 5) is 13.6. The van der Waals surface area contributed by atoms with Crippen molar-refractivity contribution >= 4 is 17.1 Å². The molecule has 0 aliphatic carbocycles. The number of aromatic nitrogens is 3. The zero-order chi connectivity index (χ0) is 16.6. The van der Waals surface area contributed by atoms with Crippen LogP contribution in [0.3, 0.4) is 0 Å². The van der Waals surface area contributed by atoms with E-state index in [0.29, 0.717) is 31.1 Å². The molecule has 1 saturated heterocycles. The maximum Gasteiger partial charge on any atom is 0.410 e. The molecule has 7 heteroatoms. The second-order valence-electron chi connectivity index (χ2n) is 6.84. The van der Waals surface area contributed by atoms with Gasteiger partial charge in [-0.1, -0.05) is 5.21 Å². The summed E-state index contributed by atoms with van der Waals surface area (Å²) >= 11 is 0. The maximum absolute atomic E-state index is 11.9. The van der Waals surface area contributed by atoms with E-state index in [2.05, 4.69) is 16.4 Å². The van der Waals surface area contributed by atoms with Crippen molar-refractivity contribution < 1.29 is 9.53 Å². The fourth-order valence-electron chi connectivity index (χ4n) is 2.57. The molecule has 0 radical (unpaired) electrons. The highest BCUT2D eigenvalue weighted by Crippen LogP contribution is 2.22. The second-order valence-corrected chi connectivity index (χ2v) is 6.84. The van der Waals surface area contributed by atoms with Gasteiger partial charge in [-0.05, 0) is 39.0 Å². The van der Waals surface area contributed by atoms with Gasteiger partial charge < -0.3 is 9.64 Å². The van der Waals surface area contributed by atoms with Gasteiger partial charge in [0, 0.05) is 25.6 Å². The van der Waals surface area contributed by atoms with E-state index in [4.69, 9.17) is 10.00 Å². The first-order chi connectivity index (χ1) is 10.9. The Bertz CT molecular complexity index is 778. The van der Waals surface area contributed by atoms with E-state index >= 15 is 0 Å². The van der Waals surface area contributed by atoms with E-state index in [0.717, 1.165) is 11.0 Å². The van der Waals surface area contributed by atoms with E-state index < -0.39 is 5.60 Å². The monoisotopic (exact) mass is 313 g/mol. The normalized spacial score (nSPS) is 15.3. The van der Waals surface area contributed by atoms with Crippen LogP contribution in [0.2, 0.25) is 0 Å². The predicted molar refractivity (Wildman–Crippen MR) is 83.5 cm³/mol. The lowest BCUT2D eigenvalue weighted by Gasteiger charge is -2.39. The van der Waals surface area contributed by atoms with Gasteiger partial charge >= 0.3 is 6.09 Å². The summed E-state index contributed by atoms with van der Waals surface area (Å²) in [6.45, 7) is 7.54. The summed E-state index contributed by atoms with van der Waals surface area (Å²) in [6.07, 6.45) is -0.274. The van der Waals surface area contributed by atoms with E-state index in [1.807, 2.05) is 20.8 Å². The first-order valence-electron chi connectivity index (χ1n) is 7.57. The van der Waals surface area contributed by atoms with Crippen LogP contribution in [-0.2, 0) is 11.3 Å². The summed E-state index contributed by atoms with van der Waals surface area (Å²) in [7, 11) is 0. The topological polar surface area (TPSA) is 84.0 Å². The number of nitrogens with zero attached hydrogens (tertiary/aromatic N) is 5. The van der Waals surface area contributed by atoms with Crippen molar-refractivity contribution in [2.75, 3.05) is 13.1 Å². The van der Waals surface area contributed by atoms with Crippen LogP contribution >= 0.6 is 0 Å². The van der Waals surface area contributed by atoms with Crippen LogP contribution in [0.1, 0.15) is 26.3 Å².